The van der Waals surface area contributed by atoms with Gasteiger partial charge in [0, 0.05) is 0 Å². The minimum absolute atomic E-state index is 0.0379. The number of nitrogens with one attached hydrogen (secondary N) is 1. The van der Waals surface area contributed by atoms with Crippen LogP contribution in [0.2, 0.25) is 0 Å². The first kappa shape index (κ1) is 24.9. The van der Waals surface area contributed by atoms with Crippen LogP contribution in [0.25, 0.3) is 0 Å². The van der Waals surface area contributed by atoms with Crippen LogP contribution in [0.4, 0.5) is 5.69 Å². The second-order valence-corrected chi connectivity index (χ2v) is 14.6. The average molecular weight is 467 g/mol. The molecule has 176 valence electrons. The second-order valence-electron chi connectivity index (χ2n) is 9.30. The van der Waals surface area contributed by atoms with Crippen LogP contribution in [0.5, 0.6) is 0 Å². The monoisotopic (exact) mass is 466 g/mol. The molecule has 5 nitrogen and oxygen atoms in total. The van der Waals surface area contributed by atoms with Gasteiger partial charge in [-0.2, -0.15) is 0 Å². The normalized spacial score (nSPS) is 15.1. The van der Waals surface area contributed by atoms with E-state index >= 15 is 0 Å². The van der Waals surface area contributed by atoms with Crippen molar-refractivity contribution in [2.75, 3.05) is 23.8 Å². The number of hydrogen-bond acceptors (Lipinski definition) is 4. The van der Waals surface area contributed by atoms with Crippen LogP contribution in [0.15, 0.2) is 42.5 Å². The van der Waals surface area contributed by atoms with E-state index in [2.05, 4.69) is 25.2 Å². The van der Waals surface area contributed by atoms with Crippen LogP contribution >= 0.6 is 7.26 Å². The zero-order valence-corrected chi connectivity index (χ0v) is 21.2. The van der Waals surface area contributed by atoms with Crippen LogP contribution in [0.3, 0.4) is 0 Å². The molecule has 0 saturated heterocycles. The Hall–Kier alpha value is -2.70. The Morgan fingerprint density at radius 1 is 1.09 bits per heavy atom. The Kier molecular flexibility index (Phi) is 7.92. The first-order valence-electron chi connectivity index (χ1n) is 11.8. The van der Waals surface area contributed by atoms with E-state index < -0.39 is 12.4 Å². The summed E-state index contributed by atoms with van der Waals surface area (Å²) in [6, 6.07) is 15.5. The number of anilines is 1. The van der Waals surface area contributed by atoms with E-state index in [1.54, 1.807) is 12.1 Å². The van der Waals surface area contributed by atoms with Gasteiger partial charge >= 0.3 is 198 Å². The molecule has 1 amide bonds. The maximum atomic E-state index is 13.8. The van der Waals surface area contributed by atoms with Gasteiger partial charge < -0.3 is 0 Å². The molecule has 1 N–H and O–H groups in total. The third kappa shape index (κ3) is 4.97. The number of ether oxygens (including phenoxy) is 1. The molecule has 0 unspecified atom stereocenters. The molecule has 33 heavy (non-hydrogen) atoms. The van der Waals surface area contributed by atoms with Crippen molar-refractivity contribution in [1.29, 1.82) is 5.26 Å². The third-order valence-corrected chi connectivity index (χ3v) is 14.1. The summed E-state index contributed by atoms with van der Waals surface area (Å²) >= 11 is 0. The van der Waals surface area contributed by atoms with Crippen molar-refractivity contribution in [3.63, 3.8) is 0 Å². The van der Waals surface area contributed by atoms with Crippen LogP contribution in [-0.2, 0) is 20.9 Å². The molecule has 0 heterocycles. The number of esters is 1. The van der Waals surface area contributed by atoms with Crippen molar-refractivity contribution < 1.29 is 14.3 Å². The van der Waals surface area contributed by atoms with Gasteiger partial charge in [-0.25, -0.2) is 0 Å². The fraction of sp³-hybridized carbons (Fsp3) is 0.444. The first-order chi connectivity index (χ1) is 15.8. The molecule has 1 fully saturated rings. The van der Waals surface area contributed by atoms with Gasteiger partial charge in [0.2, 0.25) is 0 Å². The standard InChI is InChI=1S/C27H35N2O3P/c1-5-33(6-2,19-24(30)32-18-22-11-8-7-9-12-22)27(13-10-14-27)26(31)29-25-20(3)15-23(17-28)16-21(25)4/h7-9,11-12,15-16,33H,5-6,10,13-14,18-19H2,1-4H3,(H,29,31). The predicted molar refractivity (Wildman–Crippen MR) is 136 cm³/mol. The van der Waals surface area contributed by atoms with E-state index in [1.165, 1.54) is 0 Å². The summed E-state index contributed by atoms with van der Waals surface area (Å²) in [5.74, 6) is -0.157. The van der Waals surface area contributed by atoms with Crippen molar-refractivity contribution in [2.45, 2.75) is 58.7 Å². The summed E-state index contributed by atoms with van der Waals surface area (Å²) in [6.07, 6.45) is 4.75. The summed E-state index contributed by atoms with van der Waals surface area (Å²) in [4.78, 5) is 26.8. The topological polar surface area (TPSA) is 79.2 Å². The van der Waals surface area contributed by atoms with Gasteiger partial charge in [-0.3, -0.25) is 0 Å². The van der Waals surface area contributed by atoms with E-state index in [1.807, 2.05) is 44.2 Å². The van der Waals surface area contributed by atoms with Gasteiger partial charge in [0.25, 0.3) is 0 Å². The summed E-state index contributed by atoms with van der Waals surface area (Å²) in [5, 5.41) is 12.0. The molecule has 1 aliphatic rings. The van der Waals surface area contributed by atoms with E-state index in [9.17, 15) is 14.9 Å². The van der Waals surface area contributed by atoms with Gasteiger partial charge in [0.05, 0.1) is 0 Å². The van der Waals surface area contributed by atoms with Crippen LogP contribution in [0, 0.1) is 25.2 Å². The molecule has 1 saturated carbocycles. The van der Waals surface area contributed by atoms with Gasteiger partial charge in [0.1, 0.15) is 0 Å². The number of aryl methyl sites for hydroxylation is 2. The number of carbonyl (C=O) groups excluding carboxylic acids is 2. The molecule has 0 radical (unpaired) electrons. The van der Waals surface area contributed by atoms with Crippen LogP contribution in [-0.4, -0.2) is 35.5 Å². The molecule has 0 bridgehead atoms. The number of rotatable bonds is 9. The van der Waals surface area contributed by atoms with Crippen molar-refractivity contribution in [2.24, 2.45) is 0 Å². The zero-order valence-electron chi connectivity index (χ0n) is 20.2. The first-order valence-corrected chi connectivity index (χ1v) is 14.5. The van der Waals surface area contributed by atoms with Gasteiger partial charge in [-0.15, -0.1) is 0 Å². The predicted octanol–water partition coefficient (Wildman–Crippen LogP) is 5.57. The summed E-state index contributed by atoms with van der Waals surface area (Å²) in [5.41, 5.74) is 4.11. The van der Waals surface area contributed by atoms with Crippen LogP contribution in [0.1, 0.15) is 55.4 Å². The SMILES string of the molecule is CC[PH](CC)(CC(=O)OCc1ccccc1)C1(C(=O)Nc2c(C)cc(C#N)cc2C)CCC1. The molecule has 0 atom stereocenters. The Morgan fingerprint density at radius 2 is 1.70 bits per heavy atom. The number of carbonyl (C=O) groups is 2. The van der Waals surface area contributed by atoms with E-state index in [4.69, 9.17) is 4.74 Å². The zero-order chi connectivity index (χ0) is 24.1. The van der Waals surface area contributed by atoms with Gasteiger partial charge in [-0.05, 0) is 0 Å². The van der Waals surface area contributed by atoms with Crippen molar-refractivity contribution in [1.82, 2.24) is 0 Å². The average Bonchev–Trinajstić information content (AvgIpc) is 2.79. The molecule has 3 rings (SSSR count). The molecule has 0 aliphatic heterocycles. The Balaban J connectivity index is 1.81. The number of nitrogens with zero attached hydrogens (tertiary/aromatic N) is 1. The molecule has 2 aromatic rings. The van der Waals surface area contributed by atoms with Crippen molar-refractivity contribution >= 4 is 24.8 Å². The molecular weight excluding hydrogens is 431 g/mol. The molecule has 0 spiro atoms. The maximum absolute atomic E-state index is 13.8. The molecule has 6 heteroatoms. The Labute approximate surface area is 197 Å². The van der Waals surface area contributed by atoms with E-state index in [0.717, 1.165) is 54.0 Å². The third-order valence-electron chi connectivity index (χ3n) is 7.64. The number of hydrogen-bond donors (Lipinski definition) is 1. The number of amides is 1. The summed E-state index contributed by atoms with van der Waals surface area (Å²) < 4.78 is 5.65. The van der Waals surface area contributed by atoms with E-state index in [0.29, 0.717) is 11.7 Å². The summed E-state index contributed by atoms with van der Waals surface area (Å²) in [7, 11) is -2.32. The fourth-order valence-corrected chi connectivity index (χ4v) is 10.7. The Bertz CT molecular complexity index is 1030. The second kappa shape index (κ2) is 10.5. The molecular formula is C27H35N2O3P. The molecule has 2 aromatic carbocycles. The summed E-state index contributed by atoms with van der Waals surface area (Å²) in [6.45, 7) is 8.36. The van der Waals surface area contributed by atoms with Crippen LogP contribution < -0.4 is 5.32 Å². The Morgan fingerprint density at radius 3 is 2.18 bits per heavy atom. The quantitative estimate of drug-likeness (QED) is 0.387. The van der Waals surface area contributed by atoms with Crippen molar-refractivity contribution in [3.05, 3.63) is 64.7 Å². The fourth-order valence-electron chi connectivity index (χ4n) is 5.40. The minimum atomic E-state index is -2.32. The molecule has 0 aromatic heterocycles. The van der Waals surface area contributed by atoms with Gasteiger partial charge in [-0.1, -0.05) is 0 Å². The van der Waals surface area contributed by atoms with Crippen molar-refractivity contribution in [3.8, 4) is 6.07 Å². The number of benzene rings is 2. The number of nitriles is 1. The van der Waals surface area contributed by atoms with E-state index in [-0.39, 0.29) is 18.5 Å². The molecule has 1 aliphatic carbocycles. The van der Waals surface area contributed by atoms with Gasteiger partial charge in [0.15, 0.2) is 0 Å².